The van der Waals surface area contributed by atoms with Gasteiger partial charge in [-0.05, 0) is 56.6 Å². The quantitative estimate of drug-likeness (QED) is 0.126. The average molecular weight is 758 g/mol. The molecule has 0 aliphatic heterocycles. The first kappa shape index (κ1) is 36.5. The summed E-state index contributed by atoms with van der Waals surface area (Å²) in [7, 11) is 1.67. The number of carbonyl (C=O) groups excluding carboxylic acids is 1. The number of ether oxygens (including phenoxy) is 2. The Morgan fingerprint density at radius 1 is 0.655 bits per heavy atom. The fourth-order valence-electron chi connectivity index (χ4n) is 8.62. The monoisotopic (exact) mass is 757 g/mol. The molecule has 284 valence electrons. The maximum Gasteiger partial charge on any atom is 0.407 e. The molecule has 1 amide bonds. The first-order valence-electron chi connectivity index (χ1n) is 19.7. The lowest BCUT2D eigenvalue weighted by atomic mass is 9.76. The normalized spacial score (nSPS) is 12.6. The number of nitrogens with one attached hydrogen (secondary N) is 1. The lowest BCUT2D eigenvalue weighted by Gasteiger charge is -2.39. The Bertz CT molecular complexity index is 2500. The number of rotatable bonds is 12. The van der Waals surface area contributed by atoms with E-state index in [1.165, 1.54) is 11.1 Å². The highest BCUT2D eigenvalue weighted by atomic mass is 16.5. The van der Waals surface area contributed by atoms with Crippen molar-refractivity contribution in [1.29, 1.82) is 0 Å². The number of hydrogen-bond donors (Lipinski definition) is 1. The molecule has 6 heteroatoms. The number of amides is 1. The highest BCUT2D eigenvalue weighted by Gasteiger charge is 2.42. The predicted octanol–water partition coefficient (Wildman–Crippen LogP) is 11.2. The molecule has 0 radical (unpaired) electrons. The summed E-state index contributed by atoms with van der Waals surface area (Å²) in [5.41, 5.74) is 9.60. The molecule has 0 spiro atoms. The van der Waals surface area contributed by atoms with Crippen molar-refractivity contribution >= 4 is 6.09 Å². The van der Waals surface area contributed by atoms with Crippen molar-refractivity contribution in [2.75, 3.05) is 13.7 Å². The predicted molar refractivity (Wildman–Crippen MR) is 230 cm³/mol. The minimum Gasteiger partial charge on any atom is -0.497 e. The molecule has 9 rings (SSSR count). The maximum atomic E-state index is 14.3. The number of fused-ring (bicyclic) bond motifs is 3. The summed E-state index contributed by atoms with van der Waals surface area (Å²) in [6.45, 7) is 0.198. The van der Waals surface area contributed by atoms with E-state index in [0.29, 0.717) is 12.2 Å². The molecule has 1 N–H and O–H groups in total. The zero-order chi connectivity index (χ0) is 39.3. The van der Waals surface area contributed by atoms with Crippen LogP contribution in [0.4, 0.5) is 4.79 Å². The Morgan fingerprint density at radius 3 is 1.72 bits per heavy atom. The number of alkyl carbamates (subject to hydrolysis) is 1. The zero-order valence-corrected chi connectivity index (χ0v) is 32.2. The second-order valence-electron chi connectivity index (χ2n) is 14.6. The Balaban J connectivity index is 1.20. The van der Waals surface area contributed by atoms with Gasteiger partial charge in [0, 0.05) is 24.1 Å². The van der Waals surface area contributed by atoms with Crippen LogP contribution in [-0.2, 0) is 16.7 Å². The molecule has 1 aliphatic carbocycles. The zero-order valence-electron chi connectivity index (χ0n) is 32.2. The minimum absolute atomic E-state index is 0.0748. The van der Waals surface area contributed by atoms with Crippen molar-refractivity contribution in [3.05, 3.63) is 240 Å². The van der Waals surface area contributed by atoms with E-state index in [0.717, 1.165) is 50.4 Å². The van der Waals surface area contributed by atoms with Gasteiger partial charge in [-0.1, -0.05) is 182 Å². The van der Waals surface area contributed by atoms with E-state index in [2.05, 4.69) is 137 Å². The smallest absolute Gasteiger partial charge is 0.407 e. The third-order valence-electron chi connectivity index (χ3n) is 11.3. The minimum atomic E-state index is -0.902. The Labute approximate surface area is 339 Å². The molecule has 0 fully saturated rings. The Kier molecular flexibility index (Phi) is 10.1. The molecule has 0 saturated heterocycles. The average Bonchev–Trinajstić information content (AvgIpc) is 3.88. The van der Waals surface area contributed by atoms with Crippen LogP contribution in [0.25, 0.3) is 22.4 Å². The summed E-state index contributed by atoms with van der Waals surface area (Å²) in [5.74, 6) is 1.33. The van der Waals surface area contributed by atoms with Crippen molar-refractivity contribution in [2.45, 2.75) is 23.9 Å². The summed E-state index contributed by atoms with van der Waals surface area (Å²) >= 11 is 0. The lowest BCUT2D eigenvalue weighted by Crippen LogP contribution is -2.41. The second-order valence-corrected chi connectivity index (χ2v) is 14.6. The van der Waals surface area contributed by atoms with Gasteiger partial charge < -0.3 is 19.4 Å². The molecular formula is C52H43N3O3. The van der Waals surface area contributed by atoms with E-state index in [-0.39, 0.29) is 12.5 Å². The number of benzene rings is 7. The molecular weight excluding hydrogens is 715 g/mol. The molecule has 1 aromatic heterocycles. The highest BCUT2D eigenvalue weighted by molar-refractivity contribution is 5.79. The number of carbonyl (C=O) groups is 1. The summed E-state index contributed by atoms with van der Waals surface area (Å²) in [6.07, 6.45) is 2.08. The van der Waals surface area contributed by atoms with Crippen LogP contribution in [0, 0.1) is 0 Å². The van der Waals surface area contributed by atoms with E-state index >= 15 is 0 Å². The number of nitrogens with zero attached hydrogens (tertiary/aromatic N) is 2. The molecule has 58 heavy (non-hydrogen) atoms. The molecule has 0 saturated carbocycles. The fraction of sp³-hybridized carbons (Fsp3) is 0.115. The molecule has 7 aromatic carbocycles. The van der Waals surface area contributed by atoms with Gasteiger partial charge in [-0.25, -0.2) is 9.78 Å². The number of aromatic nitrogens is 2. The van der Waals surface area contributed by atoms with Gasteiger partial charge in [0.25, 0.3) is 0 Å². The number of methoxy groups -OCH3 is 1. The number of imidazole rings is 1. The van der Waals surface area contributed by atoms with Crippen LogP contribution in [0.3, 0.4) is 0 Å². The molecule has 1 aliphatic rings. The van der Waals surface area contributed by atoms with Gasteiger partial charge in [-0.15, -0.1) is 0 Å². The van der Waals surface area contributed by atoms with Gasteiger partial charge in [0.1, 0.15) is 23.7 Å². The van der Waals surface area contributed by atoms with E-state index in [1.54, 1.807) is 7.11 Å². The third kappa shape index (κ3) is 6.83. The summed E-state index contributed by atoms with van der Waals surface area (Å²) in [4.78, 5) is 19.8. The standard InChI is InChI=1S/C52H43N3O3/c1-57-42-28-18-21-38(34-42)49-35-55(52(39-22-8-3-9-23-39,40-24-10-4-11-25-40)41-26-12-5-13-27-41)50(53-49)48(33-37-19-6-2-7-20-37)54-51(56)58-36-47-45-31-16-14-29-43(45)44-30-15-17-32-46(44)47/h2-32,34-35,47-48H,33,36H2,1H3,(H,54,56)/t48-/m0/s1. The van der Waals surface area contributed by atoms with Crippen LogP contribution < -0.4 is 10.1 Å². The van der Waals surface area contributed by atoms with Crippen LogP contribution in [0.5, 0.6) is 5.75 Å². The molecule has 1 heterocycles. The fourth-order valence-corrected chi connectivity index (χ4v) is 8.62. The van der Waals surface area contributed by atoms with Gasteiger partial charge in [0.05, 0.1) is 18.8 Å². The van der Waals surface area contributed by atoms with Crippen molar-refractivity contribution in [1.82, 2.24) is 14.9 Å². The van der Waals surface area contributed by atoms with Crippen molar-refractivity contribution in [2.24, 2.45) is 0 Å². The van der Waals surface area contributed by atoms with E-state index < -0.39 is 17.7 Å². The molecule has 1 atom stereocenters. The van der Waals surface area contributed by atoms with Gasteiger partial charge in [-0.3, -0.25) is 0 Å². The van der Waals surface area contributed by atoms with E-state index in [4.69, 9.17) is 14.5 Å². The van der Waals surface area contributed by atoms with E-state index in [1.807, 2.05) is 72.8 Å². The number of hydrogen-bond acceptors (Lipinski definition) is 4. The van der Waals surface area contributed by atoms with Crippen LogP contribution in [0.15, 0.2) is 200 Å². The van der Waals surface area contributed by atoms with Gasteiger partial charge in [0.2, 0.25) is 0 Å². The SMILES string of the molecule is COc1cccc(-c2cn(C(c3ccccc3)(c3ccccc3)c3ccccc3)c([C@H](Cc3ccccc3)NC(=O)OCC3c4ccccc4-c4ccccc43)n2)c1. The van der Waals surface area contributed by atoms with Gasteiger partial charge >= 0.3 is 6.09 Å². The third-order valence-corrected chi connectivity index (χ3v) is 11.3. The maximum absolute atomic E-state index is 14.3. The van der Waals surface area contributed by atoms with Crippen LogP contribution in [-0.4, -0.2) is 29.4 Å². The van der Waals surface area contributed by atoms with Crippen LogP contribution >= 0.6 is 0 Å². The van der Waals surface area contributed by atoms with Crippen LogP contribution in [0.1, 0.15) is 51.2 Å². The van der Waals surface area contributed by atoms with E-state index in [9.17, 15) is 4.79 Å². The largest absolute Gasteiger partial charge is 0.497 e. The van der Waals surface area contributed by atoms with Gasteiger partial charge in [0.15, 0.2) is 0 Å². The summed E-state index contributed by atoms with van der Waals surface area (Å²) < 4.78 is 14.2. The van der Waals surface area contributed by atoms with Gasteiger partial charge in [-0.2, -0.15) is 0 Å². The first-order valence-corrected chi connectivity index (χ1v) is 19.7. The lowest BCUT2D eigenvalue weighted by molar-refractivity contribution is 0.138. The second kappa shape index (κ2) is 16.1. The topological polar surface area (TPSA) is 65.4 Å². The molecule has 8 aromatic rings. The summed E-state index contributed by atoms with van der Waals surface area (Å²) in [6, 6.07) is 65.9. The molecule has 0 bridgehead atoms. The molecule has 0 unspecified atom stereocenters. The Hall–Kier alpha value is -7.18. The highest BCUT2D eigenvalue weighted by Crippen LogP contribution is 2.46. The van der Waals surface area contributed by atoms with Crippen molar-refractivity contribution in [3.63, 3.8) is 0 Å². The van der Waals surface area contributed by atoms with Crippen molar-refractivity contribution < 1.29 is 14.3 Å². The van der Waals surface area contributed by atoms with Crippen LogP contribution in [0.2, 0.25) is 0 Å². The van der Waals surface area contributed by atoms with Crippen molar-refractivity contribution in [3.8, 4) is 28.1 Å². The Morgan fingerprint density at radius 2 is 1.17 bits per heavy atom. The molecule has 6 nitrogen and oxygen atoms in total. The first-order chi connectivity index (χ1) is 28.6. The summed E-state index contributed by atoms with van der Waals surface area (Å²) in [5, 5.41) is 3.34.